The lowest BCUT2D eigenvalue weighted by Gasteiger charge is -2.10. The van der Waals surface area contributed by atoms with Crippen molar-refractivity contribution < 1.29 is 13.2 Å². The number of thiophene rings is 1. The molecule has 0 aliphatic heterocycles. The van der Waals surface area contributed by atoms with Crippen LogP contribution in [0.1, 0.15) is 42.0 Å². The molecule has 0 amide bonds. The minimum atomic E-state index is -4.49. The van der Waals surface area contributed by atoms with E-state index >= 15 is 0 Å². The van der Waals surface area contributed by atoms with Crippen LogP contribution < -0.4 is 11.2 Å². The van der Waals surface area contributed by atoms with Crippen molar-refractivity contribution in [3.63, 3.8) is 0 Å². The largest absolute Gasteiger partial charge is 0.416 e. The van der Waals surface area contributed by atoms with Crippen LogP contribution in [0.15, 0.2) is 69.6 Å². The number of hydrogen-bond donors (Lipinski definition) is 0. The average molecular weight is 499 g/mol. The van der Waals surface area contributed by atoms with Gasteiger partial charge < -0.3 is 0 Å². The molecule has 2 aromatic carbocycles. The molecule has 0 unspecified atom stereocenters. The summed E-state index contributed by atoms with van der Waals surface area (Å²) in [6.45, 7) is 4.23. The van der Waals surface area contributed by atoms with Gasteiger partial charge in [0.2, 0.25) is 5.78 Å². The van der Waals surface area contributed by atoms with Gasteiger partial charge in [-0.1, -0.05) is 50.2 Å². The van der Waals surface area contributed by atoms with Crippen molar-refractivity contribution in [2.75, 3.05) is 0 Å². The maximum Gasteiger partial charge on any atom is 0.416 e. The lowest BCUT2D eigenvalue weighted by atomic mass is 10.0. The molecule has 3 aromatic heterocycles. The van der Waals surface area contributed by atoms with Crippen LogP contribution in [-0.4, -0.2) is 18.7 Å². The summed E-state index contributed by atoms with van der Waals surface area (Å²) in [5, 5.41) is 6.11. The number of fused-ring (bicyclic) bond motifs is 3. The molecule has 6 nitrogen and oxygen atoms in total. The van der Waals surface area contributed by atoms with Gasteiger partial charge in [-0.3, -0.25) is 9.36 Å². The first-order chi connectivity index (χ1) is 16.6. The molecule has 0 spiro atoms. The van der Waals surface area contributed by atoms with Crippen LogP contribution >= 0.6 is 11.3 Å². The normalized spacial score (nSPS) is 12.3. The zero-order chi connectivity index (χ0) is 24.9. The SMILES string of the molecule is CC(C)c1ccc(Cn2c(=O)c3sccc3n3c(=O)n(Cc4cccc(C(F)(F)F)c4)nc23)cc1. The van der Waals surface area contributed by atoms with Gasteiger partial charge in [0.25, 0.3) is 5.56 Å². The number of nitrogens with zero attached hydrogens (tertiary/aromatic N) is 4. The topological polar surface area (TPSA) is 61.3 Å². The predicted octanol–water partition coefficient (Wildman–Crippen LogP) is 5.11. The van der Waals surface area contributed by atoms with Crippen LogP contribution in [0, 0.1) is 0 Å². The number of hydrogen-bond acceptors (Lipinski definition) is 4. The van der Waals surface area contributed by atoms with Crippen LogP contribution in [0.5, 0.6) is 0 Å². The van der Waals surface area contributed by atoms with Crippen molar-refractivity contribution in [3.05, 3.63) is 103 Å². The smallest absolute Gasteiger partial charge is 0.271 e. The fraction of sp³-hybridized carbons (Fsp3) is 0.240. The lowest BCUT2D eigenvalue weighted by molar-refractivity contribution is -0.137. The van der Waals surface area contributed by atoms with E-state index in [2.05, 4.69) is 18.9 Å². The highest BCUT2D eigenvalue weighted by Crippen LogP contribution is 2.29. The molecular formula is C25H21F3N4O2S. The molecule has 3 heterocycles. The molecule has 0 bridgehead atoms. The maximum absolute atomic E-state index is 13.3. The van der Waals surface area contributed by atoms with E-state index in [0.29, 0.717) is 16.1 Å². The van der Waals surface area contributed by atoms with Crippen LogP contribution in [0.4, 0.5) is 13.2 Å². The second-order valence-electron chi connectivity index (χ2n) is 8.70. The molecule has 5 rings (SSSR count). The van der Waals surface area contributed by atoms with Gasteiger partial charge in [-0.2, -0.15) is 13.2 Å². The van der Waals surface area contributed by atoms with Gasteiger partial charge >= 0.3 is 11.9 Å². The first-order valence-corrected chi connectivity index (χ1v) is 11.9. The van der Waals surface area contributed by atoms with Crippen molar-refractivity contribution >= 4 is 27.3 Å². The predicted molar refractivity (Wildman–Crippen MR) is 129 cm³/mol. The molecule has 0 radical (unpaired) electrons. The Labute approximate surface area is 201 Å². The molecule has 10 heteroatoms. The molecule has 0 saturated heterocycles. The van der Waals surface area contributed by atoms with E-state index in [1.54, 1.807) is 11.4 Å². The van der Waals surface area contributed by atoms with E-state index in [9.17, 15) is 22.8 Å². The minimum absolute atomic E-state index is 0.144. The summed E-state index contributed by atoms with van der Waals surface area (Å²) >= 11 is 1.23. The van der Waals surface area contributed by atoms with Gasteiger partial charge in [0.15, 0.2) is 0 Å². The van der Waals surface area contributed by atoms with Crippen LogP contribution in [-0.2, 0) is 19.3 Å². The number of benzene rings is 2. The number of halogens is 3. The fourth-order valence-corrected chi connectivity index (χ4v) is 4.91. The summed E-state index contributed by atoms with van der Waals surface area (Å²) in [4.78, 5) is 26.6. The molecule has 0 aliphatic carbocycles. The molecule has 5 aromatic rings. The van der Waals surface area contributed by atoms with Crippen LogP contribution in [0.25, 0.3) is 16.0 Å². The van der Waals surface area contributed by atoms with E-state index in [-0.39, 0.29) is 30.0 Å². The van der Waals surface area contributed by atoms with Gasteiger partial charge in [0.05, 0.1) is 24.2 Å². The number of aromatic nitrogens is 4. The van der Waals surface area contributed by atoms with Gasteiger partial charge in [0.1, 0.15) is 4.70 Å². The summed E-state index contributed by atoms with van der Waals surface area (Å²) in [6, 6.07) is 14.3. The summed E-state index contributed by atoms with van der Waals surface area (Å²) in [6.07, 6.45) is -4.49. The van der Waals surface area contributed by atoms with Crippen molar-refractivity contribution in [2.45, 2.75) is 39.0 Å². The maximum atomic E-state index is 13.3. The number of rotatable bonds is 5. The zero-order valence-electron chi connectivity index (χ0n) is 18.9. The Morgan fingerprint density at radius 2 is 1.71 bits per heavy atom. The van der Waals surface area contributed by atoms with E-state index in [1.807, 2.05) is 24.3 Å². The van der Waals surface area contributed by atoms with E-state index in [4.69, 9.17) is 0 Å². The molecular weight excluding hydrogens is 477 g/mol. The van der Waals surface area contributed by atoms with Crippen LogP contribution in [0.2, 0.25) is 0 Å². The highest BCUT2D eigenvalue weighted by molar-refractivity contribution is 7.17. The minimum Gasteiger partial charge on any atom is -0.271 e. The van der Waals surface area contributed by atoms with E-state index in [1.165, 1.54) is 38.0 Å². The average Bonchev–Trinajstić information content (AvgIpc) is 3.42. The lowest BCUT2D eigenvalue weighted by Crippen LogP contribution is -2.26. The Bertz CT molecular complexity index is 1660. The molecule has 0 fully saturated rings. The van der Waals surface area contributed by atoms with Gasteiger partial charge in [-0.15, -0.1) is 16.4 Å². The Hall–Kier alpha value is -3.66. The van der Waals surface area contributed by atoms with Crippen molar-refractivity contribution in [3.8, 4) is 0 Å². The van der Waals surface area contributed by atoms with E-state index in [0.717, 1.165) is 22.4 Å². The fourth-order valence-electron chi connectivity index (χ4n) is 4.09. The molecule has 0 aliphatic rings. The third kappa shape index (κ3) is 4.18. The van der Waals surface area contributed by atoms with Crippen molar-refractivity contribution in [2.24, 2.45) is 0 Å². The second kappa shape index (κ2) is 8.53. The van der Waals surface area contributed by atoms with Crippen molar-refractivity contribution in [1.82, 2.24) is 18.7 Å². The third-order valence-electron chi connectivity index (χ3n) is 5.96. The molecule has 0 saturated carbocycles. The van der Waals surface area contributed by atoms with Gasteiger partial charge in [-0.25, -0.2) is 13.9 Å². The summed E-state index contributed by atoms with van der Waals surface area (Å²) in [7, 11) is 0. The highest BCUT2D eigenvalue weighted by atomic mass is 32.1. The van der Waals surface area contributed by atoms with Gasteiger partial charge in [0, 0.05) is 0 Å². The molecule has 0 atom stereocenters. The van der Waals surface area contributed by atoms with Crippen molar-refractivity contribution in [1.29, 1.82) is 0 Å². The first-order valence-electron chi connectivity index (χ1n) is 11.0. The Kier molecular flexibility index (Phi) is 5.63. The molecule has 35 heavy (non-hydrogen) atoms. The third-order valence-corrected chi connectivity index (χ3v) is 6.85. The standard InChI is InChI=1S/C25H21F3N4O2S/c1-15(2)18-8-6-16(7-9-18)13-30-22(33)21-20(10-11-35-21)32-23(30)29-31(24(32)34)14-17-4-3-5-19(12-17)25(26,27)28/h3-12,15H,13-14H2,1-2H3. The second-order valence-corrected chi connectivity index (χ2v) is 9.61. The molecule has 0 N–H and O–H groups in total. The zero-order valence-corrected chi connectivity index (χ0v) is 19.7. The summed E-state index contributed by atoms with van der Waals surface area (Å²) < 4.78 is 43.7. The first kappa shape index (κ1) is 23.1. The number of alkyl halides is 3. The Morgan fingerprint density at radius 1 is 0.971 bits per heavy atom. The van der Waals surface area contributed by atoms with Crippen LogP contribution in [0.3, 0.4) is 0 Å². The summed E-state index contributed by atoms with van der Waals surface area (Å²) in [5.74, 6) is 0.511. The monoisotopic (exact) mass is 498 g/mol. The quantitative estimate of drug-likeness (QED) is 0.338. The highest BCUT2D eigenvalue weighted by Gasteiger charge is 2.30. The Morgan fingerprint density at radius 3 is 2.40 bits per heavy atom. The molecule has 180 valence electrons. The summed E-state index contributed by atoms with van der Waals surface area (Å²) in [5.41, 5.74) is 1.16. The van der Waals surface area contributed by atoms with Gasteiger partial charge in [-0.05, 0) is 46.2 Å². The Balaban J connectivity index is 1.63. The van der Waals surface area contributed by atoms with E-state index < -0.39 is 17.4 Å².